The molecular weight excluding hydrogens is 390 g/mol. The Morgan fingerprint density at radius 2 is 1.60 bits per heavy atom. The Hall–Kier alpha value is -3.88. The molecule has 4 nitrogen and oxygen atoms in total. The molecule has 30 heavy (non-hydrogen) atoms. The average molecular weight is 410 g/mol. The van der Waals surface area contributed by atoms with Crippen LogP contribution >= 0.6 is 11.3 Å². The van der Waals surface area contributed by atoms with Crippen LogP contribution in [0.5, 0.6) is 5.75 Å². The number of rotatable bonds is 6. The second kappa shape index (κ2) is 9.08. The maximum atomic E-state index is 9.60. The minimum Gasteiger partial charge on any atom is -0.495 e. The molecule has 0 radical (unpaired) electrons. The summed E-state index contributed by atoms with van der Waals surface area (Å²) in [7, 11) is 1.62. The first kappa shape index (κ1) is 19.4. The highest BCUT2D eigenvalue weighted by Crippen LogP contribution is 2.29. The summed E-state index contributed by atoms with van der Waals surface area (Å²) in [5, 5.41) is 15.4. The maximum Gasteiger partial charge on any atom is 0.142 e. The molecule has 0 unspecified atom stereocenters. The summed E-state index contributed by atoms with van der Waals surface area (Å²) in [4.78, 5) is 4.67. The topological polar surface area (TPSA) is 57.9 Å². The Morgan fingerprint density at radius 3 is 2.33 bits per heavy atom. The average Bonchev–Trinajstić information content (AvgIpc) is 3.30. The number of nitrogens with zero attached hydrogens (tertiary/aromatic N) is 2. The van der Waals surface area contributed by atoms with Gasteiger partial charge >= 0.3 is 0 Å². The highest BCUT2D eigenvalue weighted by molar-refractivity contribution is 7.11. The summed E-state index contributed by atoms with van der Waals surface area (Å²) in [5.74, 6) is 0.712. The van der Waals surface area contributed by atoms with Gasteiger partial charge in [0.2, 0.25) is 0 Å². The van der Waals surface area contributed by atoms with Crippen molar-refractivity contribution in [1.29, 1.82) is 5.26 Å². The molecule has 0 aliphatic rings. The van der Waals surface area contributed by atoms with Crippen molar-refractivity contribution in [2.24, 2.45) is 0 Å². The Bertz CT molecular complexity index is 1210. The fourth-order valence-electron chi connectivity index (χ4n) is 3.05. The number of hydrogen-bond donors (Lipinski definition) is 1. The summed E-state index contributed by atoms with van der Waals surface area (Å²) >= 11 is 1.45. The van der Waals surface area contributed by atoms with Gasteiger partial charge < -0.3 is 10.1 Å². The van der Waals surface area contributed by atoms with Crippen LogP contribution in [0.1, 0.15) is 5.01 Å². The molecule has 0 atom stereocenters. The molecule has 5 heteroatoms. The van der Waals surface area contributed by atoms with Crippen LogP contribution in [0.25, 0.3) is 28.0 Å². The van der Waals surface area contributed by atoms with Crippen molar-refractivity contribution in [3.8, 4) is 34.2 Å². The first-order valence-corrected chi connectivity index (χ1v) is 10.3. The minimum absolute atomic E-state index is 0.470. The molecular formula is C25H19N3OS. The van der Waals surface area contributed by atoms with Gasteiger partial charge in [-0.1, -0.05) is 66.7 Å². The van der Waals surface area contributed by atoms with Crippen LogP contribution in [0.4, 0.5) is 5.69 Å². The molecule has 3 aromatic carbocycles. The summed E-state index contributed by atoms with van der Waals surface area (Å²) in [5.41, 5.74) is 5.48. The summed E-state index contributed by atoms with van der Waals surface area (Å²) in [6, 6.07) is 28.4. The highest BCUT2D eigenvalue weighted by Gasteiger charge is 2.10. The molecule has 0 saturated heterocycles. The zero-order chi connectivity index (χ0) is 20.8. The number of anilines is 1. The summed E-state index contributed by atoms with van der Waals surface area (Å²) in [6.45, 7) is 0. The minimum atomic E-state index is 0.470. The predicted octanol–water partition coefficient (Wildman–Crippen LogP) is 6.46. The maximum absolute atomic E-state index is 9.60. The van der Waals surface area contributed by atoms with Gasteiger partial charge in [0.15, 0.2) is 0 Å². The molecule has 1 aromatic heterocycles. The molecule has 4 rings (SSSR count). The van der Waals surface area contributed by atoms with Gasteiger partial charge in [-0.05, 0) is 23.3 Å². The van der Waals surface area contributed by atoms with Gasteiger partial charge in [-0.15, -0.1) is 11.3 Å². The van der Waals surface area contributed by atoms with Gasteiger partial charge in [0.05, 0.1) is 18.5 Å². The lowest BCUT2D eigenvalue weighted by atomic mass is 10.0. The van der Waals surface area contributed by atoms with E-state index in [2.05, 4.69) is 52.8 Å². The fourth-order valence-corrected chi connectivity index (χ4v) is 3.84. The van der Waals surface area contributed by atoms with Crippen molar-refractivity contribution in [2.45, 2.75) is 0 Å². The lowest BCUT2D eigenvalue weighted by molar-refractivity contribution is 0.417. The number of para-hydroxylation sites is 2. The molecule has 0 bridgehead atoms. The van der Waals surface area contributed by atoms with E-state index in [9.17, 15) is 5.26 Å². The zero-order valence-electron chi connectivity index (χ0n) is 16.4. The van der Waals surface area contributed by atoms with Crippen LogP contribution in [0.2, 0.25) is 0 Å². The van der Waals surface area contributed by atoms with E-state index in [0.29, 0.717) is 16.3 Å². The number of ether oxygens (including phenoxy) is 1. The Kier molecular flexibility index (Phi) is 5.88. The van der Waals surface area contributed by atoms with Crippen molar-refractivity contribution < 1.29 is 4.74 Å². The van der Waals surface area contributed by atoms with E-state index >= 15 is 0 Å². The van der Waals surface area contributed by atoms with E-state index in [4.69, 9.17) is 4.74 Å². The number of hydrogen-bond acceptors (Lipinski definition) is 5. The number of methoxy groups -OCH3 is 1. The van der Waals surface area contributed by atoms with Gasteiger partial charge in [0, 0.05) is 17.1 Å². The summed E-state index contributed by atoms with van der Waals surface area (Å²) in [6.07, 6.45) is 1.67. The van der Waals surface area contributed by atoms with Crippen LogP contribution in [0.15, 0.2) is 90.4 Å². The molecule has 0 aliphatic heterocycles. The third-order valence-electron chi connectivity index (χ3n) is 4.62. The quantitative estimate of drug-likeness (QED) is 0.371. The van der Waals surface area contributed by atoms with E-state index in [-0.39, 0.29) is 0 Å². The normalized spacial score (nSPS) is 11.0. The number of aromatic nitrogens is 1. The number of allylic oxidation sites excluding steroid dienone is 1. The van der Waals surface area contributed by atoms with Gasteiger partial charge in [-0.25, -0.2) is 4.98 Å². The van der Waals surface area contributed by atoms with Crippen LogP contribution < -0.4 is 10.1 Å². The Morgan fingerprint density at radius 1 is 0.933 bits per heavy atom. The van der Waals surface area contributed by atoms with Gasteiger partial charge in [0.1, 0.15) is 22.4 Å². The van der Waals surface area contributed by atoms with Gasteiger partial charge in [0.25, 0.3) is 0 Å². The van der Waals surface area contributed by atoms with Crippen molar-refractivity contribution in [2.75, 3.05) is 12.4 Å². The predicted molar refractivity (Wildman–Crippen MR) is 123 cm³/mol. The van der Waals surface area contributed by atoms with Gasteiger partial charge in [-0.3, -0.25) is 0 Å². The van der Waals surface area contributed by atoms with E-state index < -0.39 is 0 Å². The second-order valence-electron chi connectivity index (χ2n) is 6.50. The fraction of sp³-hybridized carbons (Fsp3) is 0.0400. The SMILES string of the molecule is COc1ccccc1N/C=C(\C#N)c1nc(-c2ccc(-c3ccccc3)cc2)cs1. The molecule has 0 fully saturated rings. The van der Waals surface area contributed by atoms with Crippen LogP contribution in [-0.4, -0.2) is 12.1 Å². The third kappa shape index (κ3) is 4.24. The molecule has 1 N–H and O–H groups in total. The van der Waals surface area contributed by atoms with Crippen molar-refractivity contribution >= 4 is 22.6 Å². The van der Waals surface area contributed by atoms with Crippen LogP contribution in [0.3, 0.4) is 0 Å². The molecule has 4 aromatic rings. The van der Waals surface area contributed by atoms with E-state index in [0.717, 1.165) is 22.5 Å². The van der Waals surface area contributed by atoms with Gasteiger partial charge in [-0.2, -0.15) is 5.26 Å². The molecule has 0 amide bonds. The molecule has 0 aliphatic carbocycles. The first-order valence-electron chi connectivity index (χ1n) is 9.40. The molecule has 0 saturated carbocycles. The smallest absolute Gasteiger partial charge is 0.142 e. The lowest BCUT2D eigenvalue weighted by Crippen LogP contribution is -1.94. The summed E-state index contributed by atoms with van der Waals surface area (Å²) < 4.78 is 5.33. The standard InChI is InChI=1S/C25H19N3OS/c1-29-24-10-6-5-9-22(24)27-16-21(15-26)25-28-23(17-30-25)20-13-11-19(12-14-20)18-7-3-2-4-8-18/h2-14,16-17,27H,1H3/b21-16+. The molecule has 0 spiro atoms. The molecule has 146 valence electrons. The van der Waals surface area contributed by atoms with Crippen molar-refractivity contribution in [3.05, 3.63) is 95.5 Å². The zero-order valence-corrected chi connectivity index (χ0v) is 17.2. The highest BCUT2D eigenvalue weighted by atomic mass is 32.1. The largest absolute Gasteiger partial charge is 0.495 e. The van der Waals surface area contributed by atoms with E-state index in [1.54, 1.807) is 13.3 Å². The van der Waals surface area contributed by atoms with Crippen LogP contribution in [-0.2, 0) is 0 Å². The lowest BCUT2D eigenvalue weighted by Gasteiger charge is -2.07. The van der Waals surface area contributed by atoms with Crippen molar-refractivity contribution in [3.63, 3.8) is 0 Å². The number of nitriles is 1. The molecule has 1 heterocycles. The van der Waals surface area contributed by atoms with E-state index in [1.807, 2.05) is 47.8 Å². The number of nitrogens with one attached hydrogen (secondary N) is 1. The number of benzene rings is 3. The van der Waals surface area contributed by atoms with Crippen LogP contribution in [0, 0.1) is 11.3 Å². The van der Waals surface area contributed by atoms with E-state index in [1.165, 1.54) is 16.9 Å². The third-order valence-corrected chi connectivity index (χ3v) is 5.50. The Balaban J connectivity index is 1.54. The second-order valence-corrected chi connectivity index (χ2v) is 7.35. The number of thiazole rings is 1. The first-order chi connectivity index (χ1) is 14.8. The van der Waals surface area contributed by atoms with Crippen molar-refractivity contribution in [1.82, 2.24) is 4.98 Å². The Labute approximate surface area is 179 Å². The monoisotopic (exact) mass is 409 g/mol.